The maximum absolute atomic E-state index is 13.3. The summed E-state index contributed by atoms with van der Waals surface area (Å²) in [4.78, 5) is 26.1. The van der Waals surface area contributed by atoms with E-state index in [4.69, 9.17) is 14.2 Å². The van der Waals surface area contributed by atoms with Crippen molar-refractivity contribution in [1.82, 2.24) is 4.90 Å². The highest BCUT2D eigenvalue weighted by molar-refractivity contribution is 7.93. The molecule has 11 heteroatoms. The standard InChI is InChI=1S/C31H39N3O7S/c1-6-39-29(35)22-42(37,38)34(17-7-8-25-20-24(21-32)10-9-23(25)2)26-11-13-27(14-12-26)40-28-15-18-33(19-16-28)30(36)41-31(3,4)5/h7-14,20,28H,6,15-19,22H2,1-5H3/b8-7+. The highest BCUT2D eigenvalue weighted by Crippen LogP contribution is 2.26. The van der Waals surface area contributed by atoms with Crippen LogP contribution < -0.4 is 9.04 Å². The Bertz CT molecular complexity index is 1420. The molecule has 226 valence electrons. The summed E-state index contributed by atoms with van der Waals surface area (Å²) in [6.07, 6.45) is 4.26. The van der Waals surface area contributed by atoms with Gasteiger partial charge in [-0.1, -0.05) is 18.2 Å². The van der Waals surface area contributed by atoms with E-state index in [-0.39, 0.29) is 25.3 Å². The van der Waals surface area contributed by atoms with Crippen LogP contribution in [0.4, 0.5) is 10.5 Å². The smallest absolute Gasteiger partial charge is 0.410 e. The minimum atomic E-state index is -4.08. The van der Waals surface area contributed by atoms with Crippen molar-refractivity contribution < 1.29 is 32.2 Å². The lowest BCUT2D eigenvalue weighted by Crippen LogP contribution is -2.44. The minimum absolute atomic E-state index is 0.0404. The van der Waals surface area contributed by atoms with Crippen molar-refractivity contribution >= 4 is 33.8 Å². The normalized spacial score (nSPS) is 14.3. The van der Waals surface area contributed by atoms with E-state index in [1.807, 2.05) is 33.8 Å². The molecule has 0 bridgehead atoms. The average Bonchev–Trinajstić information content (AvgIpc) is 2.92. The first-order valence-corrected chi connectivity index (χ1v) is 15.5. The molecule has 1 aliphatic rings. The Hall–Kier alpha value is -4.04. The number of hydrogen-bond acceptors (Lipinski definition) is 8. The first kappa shape index (κ1) is 32.5. The van der Waals surface area contributed by atoms with Crippen molar-refractivity contribution in [2.24, 2.45) is 0 Å². The summed E-state index contributed by atoms with van der Waals surface area (Å²) in [5.41, 5.74) is 2.03. The van der Waals surface area contributed by atoms with Crippen LogP contribution in [-0.4, -0.2) is 69.1 Å². The molecule has 3 rings (SSSR count). The second kappa shape index (κ2) is 14.2. The maximum Gasteiger partial charge on any atom is 0.410 e. The Balaban J connectivity index is 1.72. The molecule has 2 aromatic rings. The van der Waals surface area contributed by atoms with Crippen LogP contribution in [0.1, 0.15) is 57.2 Å². The highest BCUT2D eigenvalue weighted by atomic mass is 32.2. The second-order valence-electron chi connectivity index (χ2n) is 11.0. The predicted octanol–water partition coefficient (Wildman–Crippen LogP) is 5.06. The quantitative estimate of drug-likeness (QED) is 0.348. The van der Waals surface area contributed by atoms with Gasteiger partial charge in [0.25, 0.3) is 0 Å². The van der Waals surface area contributed by atoms with Crippen molar-refractivity contribution in [3.05, 3.63) is 65.2 Å². The molecule has 0 N–H and O–H groups in total. The van der Waals surface area contributed by atoms with Gasteiger partial charge < -0.3 is 19.1 Å². The van der Waals surface area contributed by atoms with Crippen LogP contribution in [0.3, 0.4) is 0 Å². The molecule has 0 aromatic heterocycles. The number of ether oxygens (including phenoxy) is 3. The van der Waals surface area contributed by atoms with Gasteiger partial charge in [-0.25, -0.2) is 13.2 Å². The van der Waals surface area contributed by atoms with Gasteiger partial charge >= 0.3 is 12.1 Å². The van der Waals surface area contributed by atoms with E-state index in [1.54, 1.807) is 60.4 Å². The first-order chi connectivity index (χ1) is 19.8. The summed E-state index contributed by atoms with van der Waals surface area (Å²) in [5.74, 6) is -1.06. The molecule has 42 heavy (non-hydrogen) atoms. The fourth-order valence-electron chi connectivity index (χ4n) is 4.34. The number of piperidine rings is 1. The van der Waals surface area contributed by atoms with Gasteiger partial charge in [0, 0.05) is 25.9 Å². The SMILES string of the molecule is CCOC(=O)CS(=O)(=O)N(C/C=C/c1cc(C#N)ccc1C)c1ccc(OC2CCN(C(=O)OC(C)(C)C)CC2)cc1. The topological polar surface area (TPSA) is 126 Å². The van der Waals surface area contributed by atoms with E-state index in [9.17, 15) is 23.3 Å². The second-order valence-corrected chi connectivity index (χ2v) is 12.8. The number of hydrogen-bond donors (Lipinski definition) is 0. The maximum atomic E-state index is 13.3. The van der Waals surface area contributed by atoms with Gasteiger partial charge in [0.2, 0.25) is 10.0 Å². The van der Waals surface area contributed by atoms with Crippen LogP contribution in [0.15, 0.2) is 48.5 Å². The number of likely N-dealkylation sites (tertiary alicyclic amines) is 1. The number of anilines is 1. The molecule has 0 saturated carbocycles. The molecule has 0 unspecified atom stereocenters. The zero-order valence-corrected chi connectivity index (χ0v) is 25.6. The van der Waals surface area contributed by atoms with E-state index in [2.05, 4.69) is 6.07 Å². The van der Waals surface area contributed by atoms with Crippen molar-refractivity contribution in [3.63, 3.8) is 0 Å². The largest absolute Gasteiger partial charge is 0.490 e. The molecule has 0 spiro atoms. The summed E-state index contributed by atoms with van der Waals surface area (Å²) in [6.45, 7) is 10.1. The third-order valence-electron chi connectivity index (χ3n) is 6.44. The number of nitrogens with zero attached hydrogens (tertiary/aromatic N) is 3. The van der Waals surface area contributed by atoms with Gasteiger partial charge in [0.1, 0.15) is 17.5 Å². The molecule has 0 atom stereocenters. The molecule has 1 aliphatic heterocycles. The van der Waals surface area contributed by atoms with Crippen molar-refractivity contribution in [1.29, 1.82) is 5.26 Å². The van der Waals surface area contributed by atoms with Gasteiger partial charge in [-0.15, -0.1) is 0 Å². The van der Waals surface area contributed by atoms with Crippen molar-refractivity contribution in [2.75, 3.05) is 36.3 Å². The summed E-state index contributed by atoms with van der Waals surface area (Å²) >= 11 is 0. The fourth-order valence-corrected chi connectivity index (χ4v) is 5.63. The lowest BCUT2D eigenvalue weighted by atomic mass is 10.1. The predicted molar refractivity (Wildman–Crippen MR) is 161 cm³/mol. The monoisotopic (exact) mass is 597 g/mol. The zero-order chi connectivity index (χ0) is 30.9. The molecule has 1 saturated heterocycles. The molecule has 0 aliphatic carbocycles. The third-order valence-corrected chi connectivity index (χ3v) is 8.07. The summed E-state index contributed by atoms with van der Waals surface area (Å²) in [6, 6.07) is 14.0. The first-order valence-electron chi connectivity index (χ1n) is 13.9. The fraction of sp³-hybridized carbons (Fsp3) is 0.452. The number of carbonyl (C=O) groups is 2. The number of sulfonamides is 1. The third kappa shape index (κ3) is 9.52. The van der Waals surface area contributed by atoms with E-state index in [1.165, 1.54) is 0 Å². The Kier molecular flexibility index (Phi) is 11.0. The van der Waals surface area contributed by atoms with Crippen LogP contribution in [-0.2, 0) is 24.3 Å². The lowest BCUT2D eigenvalue weighted by Gasteiger charge is -2.33. The van der Waals surface area contributed by atoms with Crippen LogP contribution in [0.5, 0.6) is 5.75 Å². The van der Waals surface area contributed by atoms with E-state index in [0.29, 0.717) is 42.9 Å². The number of esters is 1. The van der Waals surface area contributed by atoms with Gasteiger partial charge in [0.05, 0.1) is 30.5 Å². The van der Waals surface area contributed by atoms with Crippen molar-refractivity contribution in [2.45, 2.75) is 59.2 Å². The van der Waals surface area contributed by atoms with Gasteiger partial charge in [-0.05, 0) is 82.1 Å². The van der Waals surface area contributed by atoms with Crippen molar-refractivity contribution in [3.8, 4) is 11.8 Å². The van der Waals surface area contributed by atoms with Crippen LogP contribution in [0.2, 0.25) is 0 Å². The van der Waals surface area contributed by atoms with Crippen LogP contribution in [0.25, 0.3) is 6.08 Å². The number of rotatable bonds is 10. The highest BCUT2D eigenvalue weighted by Gasteiger charge is 2.28. The minimum Gasteiger partial charge on any atom is -0.490 e. The summed E-state index contributed by atoms with van der Waals surface area (Å²) in [5, 5.41) is 9.21. The van der Waals surface area contributed by atoms with Gasteiger partial charge in [-0.2, -0.15) is 5.26 Å². The van der Waals surface area contributed by atoms with Crippen LogP contribution in [0, 0.1) is 18.3 Å². The molecule has 1 fully saturated rings. The van der Waals surface area contributed by atoms with Gasteiger partial charge in [-0.3, -0.25) is 9.10 Å². The molecule has 1 amide bonds. The molecular formula is C31H39N3O7S. The molecule has 2 aromatic carbocycles. The number of carbonyl (C=O) groups excluding carboxylic acids is 2. The molecule has 0 radical (unpaired) electrons. The number of aryl methyl sites for hydroxylation is 1. The zero-order valence-electron chi connectivity index (χ0n) is 24.8. The van der Waals surface area contributed by atoms with E-state index < -0.39 is 27.3 Å². The Morgan fingerprint density at radius 3 is 2.38 bits per heavy atom. The van der Waals surface area contributed by atoms with Crippen LogP contribution >= 0.6 is 0 Å². The summed E-state index contributed by atoms with van der Waals surface area (Å²) in [7, 11) is -4.08. The number of benzene rings is 2. The lowest BCUT2D eigenvalue weighted by molar-refractivity contribution is -0.139. The van der Waals surface area contributed by atoms with Gasteiger partial charge in [0.15, 0.2) is 5.75 Å². The Labute approximate surface area is 248 Å². The average molecular weight is 598 g/mol. The molecular weight excluding hydrogens is 558 g/mol. The number of amides is 1. The Morgan fingerprint density at radius 1 is 1.12 bits per heavy atom. The van der Waals surface area contributed by atoms with E-state index in [0.717, 1.165) is 15.4 Å². The van der Waals surface area contributed by atoms with E-state index >= 15 is 0 Å². The summed E-state index contributed by atoms with van der Waals surface area (Å²) < 4.78 is 44.1. The molecule has 1 heterocycles. The number of nitriles is 1. The molecule has 10 nitrogen and oxygen atoms in total. The Morgan fingerprint density at radius 2 is 1.79 bits per heavy atom.